The molecule has 2 saturated carbocycles. The molecular weight excluding hydrogens is 578 g/mol. The van der Waals surface area contributed by atoms with Gasteiger partial charge in [-0.05, 0) is 100 Å². The quantitative estimate of drug-likeness (QED) is 0.158. The van der Waals surface area contributed by atoms with Crippen LogP contribution in [0.5, 0.6) is 5.75 Å². The molecule has 8 heteroatoms. The van der Waals surface area contributed by atoms with Crippen molar-refractivity contribution in [1.29, 1.82) is 0 Å². The monoisotopic (exact) mass is 618 g/mol. The van der Waals surface area contributed by atoms with Gasteiger partial charge < -0.3 is 9.47 Å². The summed E-state index contributed by atoms with van der Waals surface area (Å²) in [5, 5.41) is 0. The third kappa shape index (κ3) is 10.8. The van der Waals surface area contributed by atoms with Gasteiger partial charge in [0.05, 0.1) is 12.0 Å². The van der Waals surface area contributed by atoms with Crippen LogP contribution in [-0.2, 0) is 11.2 Å². The Bertz CT molecular complexity index is 1310. The first-order valence-corrected chi connectivity index (χ1v) is 15.7. The molecule has 4 rings (SSSR count). The van der Waals surface area contributed by atoms with E-state index in [4.69, 9.17) is 4.74 Å². The van der Waals surface area contributed by atoms with E-state index in [1.54, 1.807) is 0 Å². The number of aryl methyl sites for hydroxylation is 1. The highest BCUT2D eigenvalue weighted by Gasteiger charge is 2.44. The van der Waals surface area contributed by atoms with Gasteiger partial charge in [-0.1, -0.05) is 62.0 Å². The van der Waals surface area contributed by atoms with Crippen LogP contribution in [0, 0.1) is 47.3 Å². The number of unbranched alkanes of at least 4 members (excludes halogenated alkanes) is 3. The van der Waals surface area contributed by atoms with Gasteiger partial charge in [-0.2, -0.15) is 8.78 Å². The van der Waals surface area contributed by atoms with Crippen LogP contribution < -0.4 is 4.74 Å². The van der Waals surface area contributed by atoms with Crippen molar-refractivity contribution in [2.45, 2.75) is 109 Å². The molecule has 0 spiro atoms. The van der Waals surface area contributed by atoms with Gasteiger partial charge in [0.15, 0.2) is 11.6 Å². The second kappa shape index (κ2) is 15.8. The Morgan fingerprint density at radius 1 is 0.727 bits per heavy atom. The van der Waals surface area contributed by atoms with E-state index in [1.807, 2.05) is 12.1 Å². The number of benzene rings is 2. The summed E-state index contributed by atoms with van der Waals surface area (Å²) < 4.78 is 90.0. The maximum Gasteiger partial charge on any atom is 0.573 e. The largest absolute Gasteiger partial charge is 0.573 e. The lowest BCUT2D eigenvalue weighted by atomic mass is 9.81. The van der Waals surface area contributed by atoms with Crippen LogP contribution in [0.15, 0.2) is 42.5 Å². The van der Waals surface area contributed by atoms with Gasteiger partial charge in [-0.3, -0.25) is 0 Å². The van der Waals surface area contributed by atoms with Gasteiger partial charge in [0.2, 0.25) is 0 Å². The fraction of sp³-hybridized carbons (Fsp3) is 0.556. The Kier molecular flexibility index (Phi) is 12.1. The normalized spacial score (nSPS) is 22.3. The first kappa shape index (κ1) is 33.8. The SMILES string of the molecule is CCCCCCc1ccc(C#CC2CCC(C(F)(F)OC3CCC(C#Cc4ccc(OC(F)(F)F)c(F)c4)CC3)CC2)cc1. The average Bonchev–Trinajstić information content (AvgIpc) is 2.99. The lowest BCUT2D eigenvalue weighted by Gasteiger charge is -2.35. The van der Waals surface area contributed by atoms with Crippen molar-refractivity contribution < 1.29 is 35.8 Å². The lowest BCUT2D eigenvalue weighted by Crippen LogP contribution is -2.38. The summed E-state index contributed by atoms with van der Waals surface area (Å²) in [5.74, 6) is 9.39. The lowest BCUT2D eigenvalue weighted by molar-refractivity contribution is -0.301. The fourth-order valence-corrected chi connectivity index (χ4v) is 5.88. The number of rotatable bonds is 9. The first-order valence-electron chi connectivity index (χ1n) is 15.7. The van der Waals surface area contributed by atoms with Crippen LogP contribution in [0.1, 0.15) is 101 Å². The third-order valence-electron chi connectivity index (χ3n) is 8.47. The first-order chi connectivity index (χ1) is 21.0. The van der Waals surface area contributed by atoms with Crippen molar-refractivity contribution in [2.24, 2.45) is 17.8 Å². The van der Waals surface area contributed by atoms with E-state index in [2.05, 4.69) is 47.5 Å². The molecule has 0 aromatic heterocycles. The minimum absolute atomic E-state index is 0.0892. The molecule has 2 aromatic carbocycles. The Balaban J connectivity index is 1.18. The van der Waals surface area contributed by atoms with Crippen molar-refractivity contribution in [2.75, 3.05) is 0 Å². The minimum Gasteiger partial charge on any atom is -0.403 e. The van der Waals surface area contributed by atoms with Crippen LogP contribution >= 0.6 is 0 Å². The van der Waals surface area contributed by atoms with Crippen LogP contribution in [0.2, 0.25) is 0 Å². The molecule has 2 nitrogen and oxygen atoms in total. The molecule has 0 bridgehead atoms. The Labute approximate surface area is 256 Å². The zero-order valence-electron chi connectivity index (χ0n) is 25.1. The van der Waals surface area contributed by atoms with Crippen LogP contribution in [0.25, 0.3) is 0 Å². The van der Waals surface area contributed by atoms with Crippen molar-refractivity contribution in [3.63, 3.8) is 0 Å². The summed E-state index contributed by atoms with van der Waals surface area (Å²) in [6.45, 7) is 2.21. The summed E-state index contributed by atoms with van der Waals surface area (Å²) in [4.78, 5) is 0. The summed E-state index contributed by atoms with van der Waals surface area (Å²) in [6, 6.07) is 11.4. The highest BCUT2D eigenvalue weighted by Crippen LogP contribution is 2.41. The second-order valence-electron chi connectivity index (χ2n) is 11.9. The van der Waals surface area contributed by atoms with E-state index < -0.39 is 36.1 Å². The number of hydrogen-bond donors (Lipinski definition) is 0. The molecule has 2 aliphatic rings. The number of halogens is 6. The van der Waals surface area contributed by atoms with Crippen molar-refractivity contribution >= 4 is 0 Å². The molecule has 2 fully saturated rings. The molecule has 0 aliphatic heterocycles. The molecular formula is C36H40F6O2. The van der Waals surface area contributed by atoms with Crippen LogP contribution in [-0.4, -0.2) is 18.6 Å². The van der Waals surface area contributed by atoms with E-state index in [-0.39, 0.29) is 17.4 Å². The van der Waals surface area contributed by atoms with Gasteiger partial charge in [0, 0.05) is 23.0 Å². The molecule has 2 aromatic rings. The number of hydrogen-bond acceptors (Lipinski definition) is 2. The van der Waals surface area contributed by atoms with E-state index in [1.165, 1.54) is 37.3 Å². The highest BCUT2D eigenvalue weighted by atomic mass is 19.4. The summed E-state index contributed by atoms with van der Waals surface area (Å²) >= 11 is 0. The Hall–Kier alpha value is -3.10. The van der Waals surface area contributed by atoms with Gasteiger partial charge >= 0.3 is 12.5 Å². The van der Waals surface area contributed by atoms with Gasteiger partial charge in [0.25, 0.3) is 0 Å². The van der Waals surface area contributed by atoms with Gasteiger partial charge in [0.1, 0.15) is 0 Å². The highest BCUT2D eigenvalue weighted by molar-refractivity contribution is 5.40. The zero-order chi connectivity index (χ0) is 31.6. The third-order valence-corrected chi connectivity index (χ3v) is 8.47. The maximum atomic E-state index is 15.1. The van der Waals surface area contributed by atoms with E-state index in [0.717, 1.165) is 24.1 Å². The van der Waals surface area contributed by atoms with Crippen LogP contribution in [0.4, 0.5) is 26.3 Å². The molecule has 0 heterocycles. The molecule has 0 amide bonds. The smallest absolute Gasteiger partial charge is 0.403 e. The maximum absolute atomic E-state index is 15.1. The molecule has 238 valence electrons. The molecule has 44 heavy (non-hydrogen) atoms. The second-order valence-corrected chi connectivity index (χ2v) is 11.9. The summed E-state index contributed by atoms with van der Waals surface area (Å²) in [6.07, 6.45) is 1.21. The van der Waals surface area contributed by atoms with Crippen molar-refractivity contribution in [3.8, 4) is 29.4 Å². The van der Waals surface area contributed by atoms with Gasteiger partial charge in [-0.15, -0.1) is 13.2 Å². The molecule has 0 atom stereocenters. The molecule has 0 saturated heterocycles. The van der Waals surface area contributed by atoms with Gasteiger partial charge in [-0.25, -0.2) is 4.39 Å². The molecule has 0 radical (unpaired) electrons. The molecule has 0 N–H and O–H groups in total. The predicted molar refractivity (Wildman–Crippen MR) is 158 cm³/mol. The number of ether oxygens (including phenoxy) is 2. The Morgan fingerprint density at radius 3 is 1.91 bits per heavy atom. The van der Waals surface area contributed by atoms with E-state index in [9.17, 15) is 17.6 Å². The molecule has 0 unspecified atom stereocenters. The standard InChI is InChI=1S/C36H40F6O2/c1-2-3-4-5-6-26-7-9-27(10-8-26)11-12-28-15-20-31(21-16-28)35(38,39)43-32-22-17-29(18-23-32)13-14-30-19-24-34(33(37)25-30)44-36(40,41)42/h7-10,19,24-25,28-29,31-32H,2-6,15-18,20-23H2,1H3. The fourth-order valence-electron chi connectivity index (χ4n) is 5.88. The average molecular weight is 619 g/mol. The Morgan fingerprint density at radius 2 is 1.32 bits per heavy atom. The summed E-state index contributed by atoms with van der Waals surface area (Å²) in [5.41, 5.74) is 2.49. The molecule has 2 aliphatic carbocycles. The zero-order valence-corrected chi connectivity index (χ0v) is 25.1. The topological polar surface area (TPSA) is 18.5 Å². The number of alkyl halides is 5. The van der Waals surface area contributed by atoms with Crippen LogP contribution in [0.3, 0.4) is 0 Å². The van der Waals surface area contributed by atoms with Crippen molar-refractivity contribution in [1.82, 2.24) is 0 Å². The van der Waals surface area contributed by atoms with Crippen molar-refractivity contribution in [3.05, 3.63) is 65.0 Å². The van der Waals surface area contributed by atoms with E-state index >= 15 is 8.78 Å². The minimum atomic E-state index is -4.99. The predicted octanol–water partition coefficient (Wildman–Crippen LogP) is 10.2. The summed E-state index contributed by atoms with van der Waals surface area (Å²) in [7, 11) is 0. The van der Waals surface area contributed by atoms with E-state index in [0.29, 0.717) is 51.4 Å².